The van der Waals surface area contributed by atoms with E-state index in [1.807, 2.05) is 0 Å². The number of nitrogens with zero attached hydrogens (tertiary/aromatic N) is 1. The first-order valence-corrected chi connectivity index (χ1v) is 5.36. The number of carbonyl (C=O) groups excluding carboxylic acids is 1. The van der Waals surface area contributed by atoms with Crippen molar-refractivity contribution in [2.45, 2.75) is 18.4 Å². The third-order valence-electron chi connectivity index (χ3n) is 1.58. The van der Waals surface area contributed by atoms with Crippen LogP contribution in [0.25, 0.3) is 0 Å². The molecule has 1 aromatic rings. The third kappa shape index (κ3) is 3.01. The van der Waals surface area contributed by atoms with E-state index in [2.05, 4.69) is 17.3 Å². The van der Waals surface area contributed by atoms with Crippen molar-refractivity contribution < 1.29 is 4.79 Å². The number of rotatable bonds is 4. The van der Waals surface area contributed by atoms with Gasteiger partial charge in [0.25, 0.3) is 5.91 Å². The van der Waals surface area contributed by atoms with Crippen LogP contribution in [0.5, 0.6) is 0 Å². The van der Waals surface area contributed by atoms with Crippen molar-refractivity contribution in [2.75, 3.05) is 5.75 Å². The average molecular weight is 211 g/mol. The Morgan fingerprint density at radius 3 is 3.14 bits per heavy atom. The summed E-state index contributed by atoms with van der Waals surface area (Å²) in [4.78, 5) is 15.3. The van der Waals surface area contributed by atoms with Gasteiger partial charge in [0.15, 0.2) is 0 Å². The maximum absolute atomic E-state index is 11.2. The van der Waals surface area contributed by atoms with E-state index < -0.39 is 0 Å². The van der Waals surface area contributed by atoms with E-state index in [-0.39, 0.29) is 5.91 Å². The third-order valence-corrected chi connectivity index (χ3v) is 2.71. The number of amides is 1. The van der Waals surface area contributed by atoms with Crippen molar-refractivity contribution >= 4 is 17.7 Å². The van der Waals surface area contributed by atoms with E-state index in [4.69, 9.17) is 5.84 Å². The van der Waals surface area contributed by atoms with E-state index in [0.717, 1.165) is 17.2 Å². The van der Waals surface area contributed by atoms with Crippen molar-refractivity contribution in [3.8, 4) is 0 Å². The number of nitrogens with one attached hydrogen (secondary N) is 1. The molecule has 5 heteroatoms. The summed E-state index contributed by atoms with van der Waals surface area (Å²) in [6, 6.07) is 3.38. The number of carbonyl (C=O) groups is 1. The fourth-order valence-electron chi connectivity index (χ4n) is 0.920. The van der Waals surface area contributed by atoms with Gasteiger partial charge in [0.05, 0.1) is 5.03 Å². The second-order valence-corrected chi connectivity index (χ2v) is 3.82. The second-order valence-electron chi connectivity index (χ2n) is 2.70. The van der Waals surface area contributed by atoms with Crippen molar-refractivity contribution in [3.05, 3.63) is 23.9 Å². The molecule has 0 saturated heterocycles. The molecule has 0 aliphatic heterocycles. The lowest BCUT2D eigenvalue weighted by Gasteiger charge is -2.02. The molecule has 0 aliphatic carbocycles. The van der Waals surface area contributed by atoms with Crippen LogP contribution in [-0.2, 0) is 0 Å². The molecule has 1 aromatic heterocycles. The molecule has 0 fully saturated rings. The van der Waals surface area contributed by atoms with Crippen LogP contribution >= 0.6 is 11.8 Å². The molecule has 0 unspecified atom stereocenters. The maximum atomic E-state index is 11.2. The van der Waals surface area contributed by atoms with Crippen LogP contribution in [-0.4, -0.2) is 16.6 Å². The van der Waals surface area contributed by atoms with Gasteiger partial charge >= 0.3 is 0 Å². The van der Waals surface area contributed by atoms with E-state index in [9.17, 15) is 4.79 Å². The van der Waals surface area contributed by atoms with Crippen molar-refractivity contribution in [1.82, 2.24) is 10.4 Å². The molecule has 4 nitrogen and oxygen atoms in total. The number of nitrogens with two attached hydrogens (primary N) is 1. The second kappa shape index (κ2) is 5.62. The summed E-state index contributed by atoms with van der Waals surface area (Å²) < 4.78 is 0. The molecule has 0 saturated carbocycles. The SMILES string of the molecule is CCCSc1cc(C(=O)NN)ccn1. The lowest BCUT2D eigenvalue weighted by molar-refractivity contribution is 0.0953. The van der Waals surface area contributed by atoms with Gasteiger partial charge in [0, 0.05) is 11.8 Å². The van der Waals surface area contributed by atoms with Gasteiger partial charge in [-0.3, -0.25) is 10.2 Å². The zero-order chi connectivity index (χ0) is 10.4. The molecule has 0 spiro atoms. The fourth-order valence-corrected chi connectivity index (χ4v) is 1.68. The molecule has 1 amide bonds. The molecular formula is C9H13N3OS. The van der Waals surface area contributed by atoms with E-state index in [0.29, 0.717) is 5.56 Å². The van der Waals surface area contributed by atoms with E-state index in [1.165, 1.54) is 0 Å². The van der Waals surface area contributed by atoms with Gasteiger partial charge in [-0.2, -0.15) is 0 Å². The first-order valence-electron chi connectivity index (χ1n) is 4.37. The van der Waals surface area contributed by atoms with E-state index >= 15 is 0 Å². The van der Waals surface area contributed by atoms with Crippen LogP contribution in [0.2, 0.25) is 0 Å². The van der Waals surface area contributed by atoms with Gasteiger partial charge in [0.1, 0.15) is 0 Å². The highest BCUT2D eigenvalue weighted by Gasteiger charge is 2.04. The summed E-state index contributed by atoms with van der Waals surface area (Å²) in [5.74, 6) is 5.74. The number of hydrogen-bond donors (Lipinski definition) is 2. The predicted octanol–water partition coefficient (Wildman–Crippen LogP) is 1.19. The Bertz CT molecular complexity index is 317. The molecule has 0 atom stereocenters. The van der Waals surface area contributed by atoms with Gasteiger partial charge in [-0.05, 0) is 24.3 Å². The average Bonchev–Trinajstić information content (AvgIpc) is 2.25. The van der Waals surface area contributed by atoms with Gasteiger partial charge in [-0.1, -0.05) is 6.92 Å². The number of pyridine rings is 1. The van der Waals surface area contributed by atoms with Gasteiger partial charge in [0.2, 0.25) is 0 Å². The normalized spacial score (nSPS) is 9.86. The molecule has 1 heterocycles. The lowest BCUT2D eigenvalue weighted by Crippen LogP contribution is -2.29. The lowest BCUT2D eigenvalue weighted by atomic mass is 10.3. The quantitative estimate of drug-likeness (QED) is 0.340. The highest BCUT2D eigenvalue weighted by Crippen LogP contribution is 2.16. The van der Waals surface area contributed by atoms with Crippen LogP contribution in [0.15, 0.2) is 23.4 Å². The van der Waals surface area contributed by atoms with Gasteiger partial charge in [-0.15, -0.1) is 11.8 Å². The molecule has 3 N–H and O–H groups in total. The molecule has 1 rings (SSSR count). The molecule has 0 radical (unpaired) electrons. The molecule has 14 heavy (non-hydrogen) atoms. The number of nitrogen functional groups attached to an aromatic ring is 1. The predicted molar refractivity (Wildman–Crippen MR) is 56.9 cm³/mol. The Labute approximate surface area is 87.3 Å². The Hall–Kier alpha value is -1.07. The summed E-state index contributed by atoms with van der Waals surface area (Å²) in [6.07, 6.45) is 2.70. The fraction of sp³-hybridized carbons (Fsp3) is 0.333. The Balaban J connectivity index is 2.73. The molecular weight excluding hydrogens is 198 g/mol. The molecule has 76 valence electrons. The summed E-state index contributed by atoms with van der Waals surface area (Å²) in [5, 5.41) is 0.855. The van der Waals surface area contributed by atoms with Crippen molar-refractivity contribution in [2.24, 2.45) is 5.84 Å². The summed E-state index contributed by atoms with van der Waals surface area (Å²) >= 11 is 1.63. The highest BCUT2D eigenvalue weighted by atomic mass is 32.2. The van der Waals surface area contributed by atoms with Crippen molar-refractivity contribution in [3.63, 3.8) is 0 Å². The Kier molecular flexibility index (Phi) is 4.42. The maximum Gasteiger partial charge on any atom is 0.265 e. The first kappa shape index (κ1) is 11.0. The summed E-state index contributed by atoms with van der Waals surface area (Å²) in [6.45, 7) is 2.10. The number of thioether (sulfide) groups is 1. The zero-order valence-corrected chi connectivity index (χ0v) is 8.80. The first-order chi connectivity index (χ1) is 6.77. The molecule has 0 bridgehead atoms. The van der Waals surface area contributed by atoms with Gasteiger partial charge in [-0.25, -0.2) is 10.8 Å². The highest BCUT2D eigenvalue weighted by molar-refractivity contribution is 7.99. The minimum atomic E-state index is -0.286. The number of aromatic nitrogens is 1. The minimum absolute atomic E-state index is 0.286. The Morgan fingerprint density at radius 2 is 2.50 bits per heavy atom. The number of hydrazine groups is 1. The van der Waals surface area contributed by atoms with Crippen LogP contribution < -0.4 is 11.3 Å². The smallest absolute Gasteiger partial charge is 0.265 e. The van der Waals surface area contributed by atoms with Crippen LogP contribution in [0.1, 0.15) is 23.7 Å². The Morgan fingerprint density at radius 1 is 1.71 bits per heavy atom. The largest absolute Gasteiger partial charge is 0.290 e. The van der Waals surface area contributed by atoms with E-state index in [1.54, 1.807) is 30.1 Å². The van der Waals surface area contributed by atoms with Crippen LogP contribution in [0.3, 0.4) is 0 Å². The van der Waals surface area contributed by atoms with Crippen molar-refractivity contribution in [1.29, 1.82) is 0 Å². The monoisotopic (exact) mass is 211 g/mol. The molecule has 0 aromatic carbocycles. The number of hydrogen-bond acceptors (Lipinski definition) is 4. The van der Waals surface area contributed by atoms with Crippen LogP contribution in [0, 0.1) is 0 Å². The standard InChI is InChI=1S/C9H13N3OS/c1-2-5-14-8-6-7(3-4-11-8)9(13)12-10/h3-4,6H,2,5,10H2,1H3,(H,12,13). The summed E-state index contributed by atoms with van der Waals surface area (Å²) in [5.41, 5.74) is 2.63. The van der Waals surface area contributed by atoms with Crippen LogP contribution in [0.4, 0.5) is 0 Å². The molecule has 0 aliphatic rings. The summed E-state index contributed by atoms with van der Waals surface area (Å²) in [7, 11) is 0. The minimum Gasteiger partial charge on any atom is -0.290 e. The van der Waals surface area contributed by atoms with Gasteiger partial charge < -0.3 is 0 Å². The topological polar surface area (TPSA) is 68.0 Å². The zero-order valence-electron chi connectivity index (χ0n) is 7.99.